The largest absolute Gasteiger partial charge is 0.465 e. The molecule has 1 aliphatic carbocycles. The van der Waals surface area contributed by atoms with Crippen LogP contribution >= 0.6 is 0 Å². The van der Waals surface area contributed by atoms with Crippen LogP contribution in [0, 0.1) is 11.8 Å². The van der Waals surface area contributed by atoms with Crippen molar-refractivity contribution >= 4 is 12.4 Å². The molecule has 80 valence electrons. The van der Waals surface area contributed by atoms with Gasteiger partial charge in [0.2, 0.25) is 0 Å². The Bertz CT molecular complexity index is 200. The van der Waals surface area contributed by atoms with E-state index < -0.39 is 6.09 Å². The molecule has 1 rings (SSSR count). The third-order valence-electron chi connectivity index (χ3n) is 2.92. The lowest BCUT2D eigenvalue weighted by molar-refractivity contribution is -0.112. The zero-order chi connectivity index (χ0) is 10.4. The number of rotatable bonds is 4. The van der Waals surface area contributed by atoms with Crippen LogP contribution in [0.5, 0.6) is 0 Å². The van der Waals surface area contributed by atoms with Gasteiger partial charge in [0.25, 0.3) is 0 Å². The molecule has 0 radical (unpaired) electrons. The van der Waals surface area contributed by atoms with Crippen molar-refractivity contribution in [2.45, 2.75) is 32.1 Å². The Kier molecular flexibility index (Phi) is 4.43. The molecule has 0 aromatic rings. The molecule has 1 fully saturated rings. The van der Waals surface area contributed by atoms with Crippen molar-refractivity contribution in [2.75, 3.05) is 6.54 Å². The standard InChI is InChI=1S/C10H17NO3/c12-7-9(6-11-10(13)14)8-4-2-1-3-5-8/h7-9,11H,1-6H2,(H,13,14)/t9-/m1/s1. The number of hydrogen-bond acceptors (Lipinski definition) is 2. The minimum Gasteiger partial charge on any atom is -0.465 e. The van der Waals surface area contributed by atoms with Crippen LogP contribution in [0.1, 0.15) is 32.1 Å². The number of aldehydes is 1. The summed E-state index contributed by atoms with van der Waals surface area (Å²) >= 11 is 0. The Morgan fingerprint density at radius 1 is 1.43 bits per heavy atom. The molecule has 0 spiro atoms. The first-order valence-corrected chi connectivity index (χ1v) is 5.16. The van der Waals surface area contributed by atoms with E-state index in [0.29, 0.717) is 5.92 Å². The smallest absolute Gasteiger partial charge is 0.404 e. The molecule has 0 saturated heterocycles. The van der Waals surface area contributed by atoms with Gasteiger partial charge in [0.05, 0.1) is 0 Å². The molecule has 0 unspecified atom stereocenters. The second kappa shape index (κ2) is 5.62. The van der Waals surface area contributed by atoms with Crippen LogP contribution in [-0.4, -0.2) is 24.0 Å². The van der Waals surface area contributed by atoms with E-state index in [1.165, 1.54) is 19.3 Å². The summed E-state index contributed by atoms with van der Waals surface area (Å²) < 4.78 is 0. The Balaban J connectivity index is 2.35. The molecular weight excluding hydrogens is 182 g/mol. The number of hydrogen-bond donors (Lipinski definition) is 2. The van der Waals surface area contributed by atoms with Crippen LogP contribution in [-0.2, 0) is 4.79 Å². The number of carbonyl (C=O) groups is 2. The van der Waals surface area contributed by atoms with Gasteiger partial charge in [0.1, 0.15) is 6.29 Å². The monoisotopic (exact) mass is 199 g/mol. The number of nitrogens with one attached hydrogen (secondary N) is 1. The SMILES string of the molecule is O=C[C@@H](CNC(=O)O)C1CCCCC1. The lowest BCUT2D eigenvalue weighted by Crippen LogP contribution is -2.33. The lowest BCUT2D eigenvalue weighted by Gasteiger charge is -2.26. The van der Waals surface area contributed by atoms with Crippen LogP contribution in [0.25, 0.3) is 0 Å². The molecule has 2 N–H and O–H groups in total. The maximum Gasteiger partial charge on any atom is 0.404 e. The van der Waals surface area contributed by atoms with Gasteiger partial charge in [0.15, 0.2) is 0 Å². The van der Waals surface area contributed by atoms with Crippen molar-refractivity contribution in [3.63, 3.8) is 0 Å². The maximum atomic E-state index is 10.8. The third kappa shape index (κ3) is 3.36. The Labute approximate surface area is 83.7 Å². The molecule has 1 saturated carbocycles. The summed E-state index contributed by atoms with van der Waals surface area (Å²) in [4.78, 5) is 21.1. The summed E-state index contributed by atoms with van der Waals surface area (Å²) in [5.41, 5.74) is 0. The lowest BCUT2D eigenvalue weighted by atomic mass is 9.80. The average molecular weight is 199 g/mol. The van der Waals surface area contributed by atoms with Crippen molar-refractivity contribution in [1.82, 2.24) is 5.32 Å². The van der Waals surface area contributed by atoms with E-state index in [4.69, 9.17) is 5.11 Å². The van der Waals surface area contributed by atoms with E-state index in [-0.39, 0.29) is 12.5 Å². The average Bonchev–Trinajstić information content (AvgIpc) is 2.20. The quantitative estimate of drug-likeness (QED) is 0.676. The predicted molar refractivity (Wildman–Crippen MR) is 52.2 cm³/mol. The molecule has 0 heterocycles. The second-order valence-corrected chi connectivity index (χ2v) is 3.88. The highest BCUT2D eigenvalue weighted by molar-refractivity contribution is 5.65. The van der Waals surface area contributed by atoms with E-state index >= 15 is 0 Å². The van der Waals surface area contributed by atoms with Gasteiger partial charge in [-0.25, -0.2) is 4.79 Å². The molecule has 0 aromatic carbocycles. The third-order valence-corrected chi connectivity index (χ3v) is 2.92. The number of amides is 1. The van der Waals surface area contributed by atoms with Gasteiger partial charge in [-0.2, -0.15) is 0 Å². The number of carboxylic acid groups (broad SMARTS) is 1. The molecule has 1 amide bonds. The van der Waals surface area contributed by atoms with E-state index in [0.717, 1.165) is 19.1 Å². The molecule has 4 nitrogen and oxygen atoms in total. The first kappa shape index (κ1) is 11.0. The molecule has 1 atom stereocenters. The molecule has 0 bridgehead atoms. The van der Waals surface area contributed by atoms with Crippen LogP contribution in [0.3, 0.4) is 0 Å². The molecule has 0 aliphatic heterocycles. The van der Waals surface area contributed by atoms with E-state index in [9.17, 15) is 9.59 Å². The van der Waals surface area contributed by atoms with E-state index in [2.05, 4.69) is 5.32 Å². The van der Waals surface area contributed by atoms with Gasteiger partial charge in [0, 0.05) is 12.5 Å². The summed E-state index contributed by atoms with van der Waals surface area (Å²) in [6.45, 7) is 0.267. The minimum absolute atomic E-state index is 0.133. The van der Waals surface area contributed by atoms with Gasteiger partial charge >= 0.3 is 6.09 Å². The van der Waals surface area contributed by atoms with Crippen LogP contribution < -0.4 is 5.32 Å². The summed E-state index contributed by atoms with van der Waals surface area (Å²) in [6.07, 6.45) is 5.55. The summed E-state index contributed by atoms with van der Waals surface area (Å²) in [6, 6.07) is 0. The zero-order valence-electron chi connectivity index (χ0n) is 8.24. The predicted octanol–water partition coefficient (Wildman–Crippen LogP) is 1.65. The first-order valence-electron chi connectivity index (χ1n) is 5.16. The van der Waals surface area contributed by atoms with Gasteiger partial charge in [-0.15, -0.1) is 0 Å². The fourth-order valence-corrected chi connectivity index (χ4v) is 2.09. The fraction of sp³-hybridized carbons (Fsp3) is 0.800. The van der Waals surface area contributed by atoms with Crippen molar-refractivity contribution in [3.05, 3.63) is 0 Å². The van der Waals surface area contributed by atoms with Crippen LogP contribution in [0.15, 0.2) is 0 Å². The normalized spacial score (nSPS) is 20.0. The minimum atomic E-state index is -1.05. The zero-order valence-corrected chi connectivity index (χ0v) is 8.24. The molecule has 0 aromatic heterocycles. The molecular formula is C10H17NO3. The Morgan fingerprint density at radius 3 is 2.57 bits per heavy atom. The summed E-state index contributed by atoms with van der Waals surface area (Å²) in [5.74, 6) is 0.250. The van der Waals surface area contributed by atoms with Gasteiger partial charge in [-0.05, 0) is 18.8 Å². The second-order valence-electron chi connectivity index (χ2n) is 3.88. The summed E-state index contributed by atoms with van der Waals surface area (Å²) in [7, 11) is 0. The fourth-order valence-electron chi connectivity index (χ4n) is 2.09. The van der Waals surface area contributed by atoms with Crippen molar-refractivity contribution in [1.29, 1.82) is 0 Å². The van der Waals surface area contributed by atoms with Crippen molar-refractivity contribution < 1.29 is 14.7 Å². The highest BCUT2D eigenvalue weighted by Crippen LogP contribution is 2.28. The highest BCUT2D eigenvalue weighted by Gasteiger charge is 2.23. The van der Waals surface area contributed by atoms with Gasteiger partial charge in [-0.3, -0.25) is 0 Å². The summed E-state index contributed by atoms with van der Waals surface area (Å²) in [5, 5.41) is 10.7. The first-order chi connectivity index (χ1) is 6.74. The van der Waals surface area contributed by atoms with Gasteiger partial charge in [-0.1, -0.05) is 19.3 Å². The van der Waals surface area contributed by atoms with E-state index in [1.54, 1.807) is 0 Å². The molecule has 4 heteroatoms. The van der Waals surface area contributed by atoms with E-state index in [1.807, 2.05) is 0 Å². The Hall–Kier alpha value is -1.06. The molecule has 14 heavy (non-hydrogen) atoms. The maximum absolute atomic E-state index is 10.8. The topological polar surface area (TPSA) is 66.4 Å². The Morgan fingerprint density at radius 2 is 2.07 bits per heavy atom. The number of carbonyl (C=O) groups excluding carboxylic acids is 1. The van der Waals surface area contributed by atoms with Gasteiger partial charge < -0.3 is 15.2 Å². The van der Waals surface area contributed by atoms with Crippen LogP contribution in [0.2, 0.25) is 0 Å². The highest BCUT2D eigenvalue weighted by atomic mass is 16.4. The molecule has 1 aliphatic rings. The van der Waals surface area contributed by atoms with Crippen molar-refractivity contribution in [2.24, 2.45) is 11.8 Å². The van der Waals surface area contributed by atoms with Crippen molar-refractivity contribution in [3.8, 4) is 0 Å². The van der Waals surface area contributed by atoms with Crippen LogP contribution in [0.4, 0.5) is 4.79 Å².